The van der Waals surface area contributed by atoms with Gasteiger partial charge in [0.25, 0.3) is 5.56 Å². The Labute approximate surface area is 123 Å². The smallest absolute Gasteiger partial charge is 0.329 e. The van der Waals surface area contributed by atoms with Gasteiger partial charge >= 0.3 is 11.7 Å². The van der Waals surface area contributed by atoms with E-state index in [9.17, 15) is 14.4 Å². The molecule has 0 unspecified atom stereocenters. The molecule has 0 atom stereocenters. The van der Waals surface area contributed by atoms with Gasteiger partial charge in [-0.1, -0.05) is 23.9 Å². The molecule has 2 heterocycles. The predicted octanol–water partition coefficient (Wildman–Crippen LogP) is 0.176. The molecule has 0 aliphatic heterocycles. The minimum absolute atomic E-state index is 0.176. The number of fused-ring (bicyclic) bond motifs is 1. The summed E-state index contributed by atoms with van der Waals surface area (Å²) in [6.45, 7) is 2.21. The first-order valence-corrected chi connectivity index (χ1v) is 7.09. The van der Waals surface area contributed by atoms with Crippen LogP contribution in [0.5, 0.6) is 0 Å². The van der Waals surface area contributed by atoms with E-state index in [1.54, 1.807) is 4.57 Å². The third-order valence-corrected chi connectivity index (χ3v) is 3.78. The summed E-state index contributed by atoms with van der Waals surface area (Å²) in [4.78, 5) is 40.8. The number of nitrogens with zero attached hydrogens (tertiary/aromatic N) is 3. The van der Waals surface area contributed by atoms with Crippen LogP contribution < -0.4 is 11.2 Å². The molecule has 0 bridgehead atoms. The Hall–Kier alpha value is -2.29. The van der Waals surface area contributed by atoms with E-state index in [0.717, 1.165) is 11.8 Å². The lowest BCUT2D eigenvalue weighted by atomic mass is 10.4. The van der Waals surface area contributed by atoms with Crippen LogP contribution >= 0.6 is 11.8 Å². The molecule has 0 aliphatic carbocycles. The molecule has 2 N–H and O–H groups in total. The van der Waals surface area contributed by atoms with E-state index in [1.165, 1.54) is 11.6 Å². The first-order chi connectivity index (χ1) is 9.95. The number of carbonyl (C=O) groups is 1. The molecule has 0 aliphatic rings. The third kappa shape index (κ3) is 2.92. The number of carboxylic acids is 1. The van der Waals surface area contributed by atoms with Crippen molar-refractivity contribution in [2.45, 2.75) is 18.6 Å². The molecule has 0 saturated carbocycles. The molecule has 8 nitrogen and oxygen atoms in total. The normalized spacial score (nSPS) is 11.5. The van der Waals surface area contributed by atoms with Crippen LogP contribution in [0.3, 0.4) is 0 Å². The van der Waals surface area contributed by atoms with Crippen LogP contribution in [0.25, 0.3) is 11.2 Å². The molecule has 0 amide bonds. The lowest BCUT2D eigenvalue weighted by Gasteiger charge is -2.04. The molecule has 0 saturated heterocycles. The molecule has 112 valence electrons. The SMILES string of the molecule is C/C=C/Cn1c(SCC(=O)O)nc2c1c(=O)[nH]c(=O)n2C. The number of aliphatic carboxylic acids is 1. The van der Waals surface area contributed by atoms with Gasteiger partial charge in [0.1, 0.15) is 0 Å². The van der Waals surface area contributed by atoms with Crippen molar-refractivity contribution in [1.82, 2.24) is 19.1 Å². The number of hydrogen-bond acceptors (Lipinski definition) is 5. The second-order valence-corrected chi connectivity index (χ2v) is 5.19. The first-order valence-electron chi connectivity index (χ1n) is 6.11. The van der Waals surface area contributed by atoms with Crippen molar-refractivity contribution in [2.24, 2.45) is 7.05 Å². The number of carboxylic acid groups (broad SMARTS) is 1. The summed E-state index contributed by atoms with van der Waals surface area (Å²) in [5.74, 6) is -1.15. The van der Waals surface area contributed by atoms with E-state index in [0.29, 0.717) is 11.7 Å². The maximum absolute atomic E-state index is 12.0. The van der Waals surface area contributed by atoms with Gasteiger partial charge in [-0.2, -0.15) is 0 Å². The Balaban J connectivity index is 2.69. The zero-order valence-corrected chi connectivity index (χ0v) is 12.3. The summed E-state index contributed by atoms with van der Waals surface area (Å²) < 4.78 is 2.83. The Morgan fingerprint density at radius 2 is 2.19 bits per heavy atom. The van der Waals surface area contributed by atoms with Crippen LogP contribution in [0.2, 0.25) is 0 Å². The molecule has 2 aromatic heterocycles. The number of allylic oxidation sites excluding steroid dienone is 2. The van der Waals surface area contributed by atoms with Crippen molar-refractivity contribution in [3.8, 4) is 0 Å². The van der Waals surface area contributed by atoms with Gasteiger partial charge in [0.15, 0.2) is 16.3 Å². The largest absolute Gasteiger partial charge is 0.481 e. The summed E-state index contributed by atoms with van der Waals surface area (Å²) in [6, 6.07) is 0. The van der Waals surface area contributed by atoms with E-state index in [-0.39, 0.29) is 16.9 Å². The van der Waals surface area contributed by atoms with Gasteiger partial charge in [0.05, 0.1) is 5.75 Å². The van der Waals surface area contributed by atoms with Gasteiger partial charge in [0, 0.05) is 13.6 Å². The highest BCUT2D eigenvalue weighted by molar-refractivity contribution is 7.99. The second-order valence-electron chi connectivity index (χ2n) is 4.25. The minimum atomic E-state index is -0.979. The highest BCUT2D eigenvalue weighted by atomic mass is 32.2. The quantitative estimate of drug-likeness (QED) is 0.602. The zero-order chi connectivity index (χ0) is 15.6. The molecule has 0 fully saturated rings. The number of aromatic nitrogens is 4. The average molecular weight is 310 g/mol. The van der Waals surface area contributed by atoms with Crippen molar-refractivity contribution >= 4 is 28.9 Å². The van der Waals surface area contributed by atoms with Crippen molar-refractivity contribution in [3.63, 3.8) is 0 Å². The van der Waals surface area contributed by atoms with Gasteiger partial charge in [-0.15, -0.1) is 0 Å². The fourth-order valence-corrected chi connectivity index (χ4v) is 2.56. The summed E-state index contributed by atoms with van der Waals surface area (Å²) in [5, 5.41) is 9.16. The van der Waals surface area contributed by atoms with Crippen LogP contribution in [0.1, 0.15) is 6.92 Å². The summed E-state index contributed by atoms with van der Waals surface area (Å²) in [6.07, 6.45) is 3.63. The van der Waals surface area contributed by atoms with E-state index in [4.69, 9.17) is 5.11 Å². The molecular formula is C12H14N4O4S. The van der Waals surface area contributed by atoms with E-state index >= 15 is 0 Å². The zero-order valence-electron chi connectivity index (χ0n) is 11.5. The van der Waals surface area contributed by atoms with Crippen LogP contribution in [0.4, 0.5) is 0 Å². The van der Waals surface area contributed by atoms with E-state index in [1.807, 2.05) is 19.1 Å². The molecule has 0 aromatic carbocycles. The number of rotatable bonds is 5. The van der Waals surface area contributed by atoms with Crippen LogP contribution in [0.15, 0.2) is 26.9 Å². The highest BCUT2D eigenvalue weighted by Gasteiger charge is 2.17. The lowest BCUT2D eigenvalue weighted by molar-refractivity contribution is -0.133. The summed E-state index contributed by atoms with van der Waals surface area (Å²) >= 11 is 1.00. The van der Waals surface area contributed by atoms with Gasteiger partial charge in [-0.3, -0.25) is 19.1 Å². The van der Waals surface area contributed by atoms with Crippen molar-refractivity contribution in [1.29, 1.82) is 0 Å². The minimum Gasteiger partial charge on any atom is -0.481 e. The van der Waals surface area contributed by atoms with Gasteiger partial charge < -0.3 is 9.67 Å². The molecule has 9 heteroatoms. The van der Waals surface area contributed by atoms with Crippen molar-refractivity contribution in [2.75, 3.05) is 5.75 Å². The maximum atomic E-state index is 12.0. The molecule has 0 spiro atoms. The molecule has 2 aromatic rings. The van der Waals surface area contributed by atoms with E-state index in [2.05, 4.69) is 9.97 Å². The molecular weight excluding hydrogens is 296 g/mol. The number of aryl methyl sites for hydroxylation is 1. The second kappa shape index (κ2) is 6.00. The summed E-state index contributed by atoms with van der Waals surface area (Å²) in [7, 11) is 1.50. The Bertz CT molecular complexity index is 830. The highest BCUT2D eigenvalue weighted by Crippen LogP contribution is 2.21. The van der Waals surface area contributed by atoms with Gasteiger partial charge in [-0.05, 0) is 6.92 Å². The third-order valence-electron chi connectivity index (χ3n) is 2.82. The fraction of sp³-hybridized carbons (Fsp3) is 0.333. The predicted molar refractivity (Wildman–Crippen MR) is 78.8 cm³/mol. The Morgan fingerprint density at radius 1 is 1.48 bits per heavy atom. The van der Waals surface area contributed by atoms with E-state index < -0.39 is 17.2 Å². The first kappa shape index (κ1) is 15.1. The number of thioether (sulfide) groups is 1. The standard InChI is InChI=1S/C12H14N4O4S/c1-3-4-5-16-8-9(13-12(16)21-6-7(17)18)15(2)11(20)14-10(8)19/h3-4H,5-6H2,1-2H3,(H,17,18)(H,14,19,20)/b4-3+. The number of nitrogens with one attached hydrogen (secondary N) is 1. The molecule has 2 rings (SSSR count). The average Bonchev–Trinajstić information content (AvgIpc) is 2.79. The van der Waals surface area contributed by atoms with Crippen LogP contribution in [-0.2, 0) is 18.4 Å². The van der Waals surface area contributed by atoms with Gasteiger partial charge in [-0.25, -0.2) is 9.78 Å². The summed E-state index contributed by atoms with van der Waals surface area (Å²) in [5.41, 5.74) is -0.602. The fourth-order valence-electron chi connectivity index (χ4n) is 1.83. The van der Waals surface area contributed by atoms with Crippen molar-refractivity contribution in [3.05, 3.63) is 33.0 Å². The Morgan fingerprint density at radius 3 is 2.81 bits per heavy atom. The van der Waals surface area contributed by atoms with Gasteiger partial charge in [0.2, 0.25) is 0 Å². The number of aromatic amines is 1. The maximum Gasteiger partial charge on any atom is 0.329 e. The van der Waals surface area contributed by atoms with Crippen LogP contribution in [-0.4, -0.2) is 35.9 Å². The monoisotopic (exact) mass is 310 g/mol. The lowest BCUT2D eigenvalue weighted by Crippen LogP contribution is -2.29. The number of hydrogen-bond donors (Lipinski definition) is 2. The number of H-pyrrole nitrogens is 1. The molecule has 0 radical (unpaired) electrons. The number of imidazole rings is 1. The van der Waals surface area contributed by atoms with Crippen molar-refractivity contribution < 1.29 is 9.90 Å². The van der Waals surface area contributed by atoms with Crippen LogP contribution in [0, 0.1) is 0 Å². The topological polar surface area (TPSA) is 110 Å². The molecule has 21 heavy (non-hydrogen) atoms. The Kier molecular flexibility index (Phi) is 4.32.